The minimum absolute atomic E-state index is 0.0864. The Balaban J connectivity index is 0.000000128. The molecule has 4 aliphatic rings. The molecule has 0 unspecified atom stereocenters. The first-order chi connectivity index (χ1) is 14.7. The molecule has 0 aromatic heterocycles. The van der Waals surface area contributed by atoms with Gasteiger partial charge < -0.3 is 29.9 Å². The smallest absolute Gasteiger partial charge is 0.260 e. The molecule has 2 atom stereocenters. The summed E-state index contributed by atoms with van der Waals surface area (Å²) in [7, 11) is 0. The van der Waals surface area contributed by atoms with Crippen LogP contribution >= 0.6 is 0 Å². The average molecular weight is 408 g/mol. The molecule has 6 rings (SSSR count). The number of carbonyl (C=O) groups excluding carboxylic acids is 2. The zero-order chi connectivity index (χ0) is 20.5. The molecule has 8 heteroatoms. The molecule has 2 amide bonds. The monoisotopic (exact) mass is 408 g/mol. The summed E-state index contributed by atoms with van der Waals surface area (Å²) in [4.78, 5) is 27.7. The van der Waals surface area contributed by atoms with E-state index in [1.807, 2.05) is 48.5 Å². The first-order valence-corrected chi connectivity index (χ1v) is 10.3. The first kappa shape index (κ1) is 18.9. The normalized spacial score (nSPS) is 24.1. The van der Waals surface area contributed by atoms with Crippen LogP contribution in [0.4, 0.5) is 0 Å². The van der Waals surface area contributed by atoms with E-state index in [4.69, 9.17) is 9.47 Å². The van der Waals surface area contributed by atoms with E-state index in [1.165, 1.54) is 0 Å². The van der Waals surface area contributed by atoms with Crippen molar-refractivity contribution < 1.29 is 19.1 Å². The van der Waals surface area contributed by atoms with Crippen molar-refractivity contribution in [1.82, 2.24) is 20.4 Å². The van der Waals surface area contributed by atoms with Crippen LogP contribution in [0.3, 0.4) is 0 Å². The number of rotatable bonds is 0. The van der Waals surface area contributed by atoms with Crippen molar-refractivity contribution >= 4 is 11.8 Å². The average Bonchev–Trinajstić information content (AvgIpc) is 2.80. The Morgan fingerprint density at radius 3 is 1.60 bits per heavy atom. The summed E-state index contributed by atoms with van der Waals surface area (Å²) in [6, 6.07) is 14.8. The van der Waals surface area contributed by atoms with Gasteiger partial charge in [-0.3, -0.25) is 9.59 Å². The molecular formula is C22H24N4O4. The van der Waals surface area contributed by atoms with Gasteiger partial charge in [-0.2, -0.15) is 0 Å². The maximum atomic E-state index is 12.1. The lowest BCUT2D eigenvalue weighted by molar-refractivity contribution is -0.00140. The fourth-order valence-corrected chi connectivity index (χ4v) is 4.13. The summed E-state index contributed by atoms with van der Waals surface area (Å²) < 4.78 is 11.5. The number of para-hydroxylation sites is 2. The lowest BCUT2D eigenvalue weighted by Gasteiger charge is -2.39. The predicted octanol–water partition coefficient (Wildman–Crippen LogP) is 0.901. The molecule has 4 heterocycles. The maximum Gasteiger partial charge on any atom is 0.260 e. The highest BCUT2D eigenvalue weighted by Gasteiger charge is 2.35. The van der Waals surface area contributed by atoms with Gasteiger partial charge in [0.15, 0.2) is 12.5 Å². The Labute approximate surface area is 174 Å². The molecule has 2 fully saturated rings. The van der Waals surface area contributed by atoms with Crippen LogP contribution in [0.25, 0.3) is 0 Å². The van der Waals surface area contributed by atoms with Crippen LogP contribution in [0.2, 0.25) is 0 Å². The molecule has 0 aliphatic carbocycles. The van der Waals surface area contributed by atoms with Gasteiger partial charge in [-0.25, -0.2) is 0 Å². The topological polar surface area (TPSA) is 83.1 Å². The zero-order valence-corrected chi connectivity index (χ0v) is 16.5. The number of nitrogens with one attached hydrogen (secondary N) is 2. The van der Waals surface area contributed by atoms with E-state index in [-0.39, 0.29) is 24.3 Å². The fourth-order valence-electron chi connectivity index (χ4n) is 4.13. The summed E-state index contributed by atoms with van der Waals surface area (Å²) >= 11 is 0. The number of nitrogens with zero attached hydrogens (tertiary/aromatic N) is 2. The third-order valence-electron chi connectivity index (χ3n) is 5.67. The van der Waals surface area contributed by atoms with E-state index in [0.717, 1.165) is 26.2 Å². The van der Waals surface area contributed by atoms with Crippen molar-refractivity contribution in [2.75, 3.05) is 39.3 Å². The Hall–Kier alpha value is -3.10. The van der Waals surface area contributed by atoms with Crippen molar-refractivity contribution in [3.8, 4) is 11.5 Å². The second-order valence-corrected chi connectivity index (χ2v) is 7.54. The van der Waals surface area contributed by atoms with Crippen molar-refractivity contribution in [2.24, 2.45) is 0 Å². The maximum absolute atomic E-state index is 12.1. The highest BCUT2D eigenvalue weighted by molar-refractivity contribution is 5.98. The number of hydrogen-bond donors (Lipinski definition) is 2. The molecule has 30 heavy (non-hydrogen) atoms. The second-order valence-electron chi connectivity index (χ2n) is 7.54. The van der Waals surface area contributed by atoms with Crippen molar-refractivity contribution in [3.63, 3.8) is 0 Å². The van der Waals surface area contributed by atoms with Gasteiger partial charge in [0.2, 0.25) is 0 Å². The number of fused-ring (bicyclic) bond motifs is 4. The summed E-state index contributed by atoms with van der Waals surface area (Å²) in [6.45, 7) is 4.54. The van der Waals surface area contributed by atoms with Crippen LogP contribution in [-0.4, -0.2) is 73.3 Å². The molecule has 2 aromatic carbocycles. The number of ether oxygens (including phenoxy) is 2. The number of hydrogen-bond acceptors (Lipinski definition) is 6. The predicted molar refractivity (Wildman–Crippen MR) is 110 cm³/mol. The van der Waals surface area contributed by atoms with Crippen molar-refractivity contribution in [2.45, 2.75) is 12.5 Å². The van der Waals surface area contributed by atoms with Crippen LogP contribution in [0, 0.1) is 0 Å². The Morgan fingerprint density at radius 1 is 0.700 bits per heavy atom. The van der Waals surface area contributed by atoms with Gasteiger partial charge in [0.05, 0.1) is 24.2 Å². The Kier molecular flexibility index (Phi) is 5.02. The van der Waals surface area contributed by atoms with E-state index >= 15 is 0 Å². The Bertz CT molecular complexity index is 888. The minimum Gasteiger partial charge on any atom is -0.468 e. The highest BCUT2D eigenvalue weighted by atomic mass is 16.5. The van der Waals surface area contributed by atoms with Gasteiger partial charge in [0, 0.05) is 26.2 Å². The third kappa shape index (κ3) is 3.38. The molecule has 2 N–H and O–H groups in total. The van der Waals surface area contributed by atoms with Crippen LogP contribution in [0.1, 0.15) is 20.7 Å². The molecule has 4 aliphatic heterocycles. The summed E-state index contributed by atoms with van der Waals surface area (Å²) in [5.74, 6) is 1.58. The van der Waals surface area contributed by atoms with E-state index < -0.39 is 0 Å². The summed E-state index contributed by atoms with van der Waals surface area (Å²) in [5.41, 5.74) is 1.35. The van der Waals surface area contributed by atoms with E-state index in [1.54, 1.807) is 9.80 Å². The van der Waals surface area contributed by atoms with E-state index in [2.05, 4.69) is 10.6 Å². The molecule has 2 aromatic rings. The second kappa shape index (κ2) is 7.97. The van der Waals surface area contributed by atoms with Gasteiger partial charge in [0.1, 0.15) is 11.5 Å². The highest BCUT2D eigenvalue weighted by Crippen LogP contribution is 2.29. The van der Waals surface area contributed by atoms with Crippen LogP contribution < -0.4 is 20.1 Å². The molecule has 0 radical (unpaired) electrons. The fraction of sp³-hybridized carbons (Fsp3) is 0.364. The SMILES string of the molecule is O=C1c2ccccc2O[C@@H]2CNCCN12.O=C1c2ccccc2O[C@H]2CNCCN12. The standard InChI is InChI=1S/2C11H12N2O2/c2*14-11-8-3-1-2-4-9(8)15-10-7-12-5-6-13(10)11/h2*1-4,10,12H,5-7H2/t2*10-/m10/s1. The summed E-state index contributed by atoms with van der Waals surface area (Å²) in [5, 5.41) is 6.43. The molecule has 0 saturated carbocycles. The van der Waals surface area contributed by atoms with Gasteiger partial charge in [-0.1, -0.05) is 24.3 Å². The lowest BCUT2D eigenvalue weighted by atomic mass is 10.1. The number of benzene rings is 2. The van der Waals surface area contributed by atoms with Crippen LogP contribution in [-0.2, 0) is 0 Å². The molecule has 2 saturated heterocycles. The van der Waals surface area contributed by atoms with Gasteiger partial charge >= 0.3 is 0 Å². The zero-order valence-electron chi connectivity index (χ0n) is 16.5. The molecule has 156 valence electrons. The quantitative estimate of drug-likeness (QED) is 0.674. The number of piperazine rings is 2. The van der Waals surface area contributed by atoms with E-state index in [0.29, 0.717) is 35.7 Å². The van der Waals surface area contributed by atoms with Crippen molar-refractivity contribution in [1.29, 1.82) is 0 Å². The van der Waals surface area contributed by atoms with Crippen LogP contribution in [0.5, 0.6) is 11.5 Å². The van der Waals surface area contributed by atoms with Gasteiger partial charge in [-0.05, 0) is 24.3 Å². The third-order valence-corrected chi connectivity index (χ3v) is 5.67. The molecule has 0 bridgehead atoms. The number of carbonyl (C=O) groups is 2. The Morgan fingerprint density at radius 2 is 1.13 bits per heavy atom. The molecule has 8 nitrogen and oxygen atoms in total. The van der Waals surface area contributed by atoms with Crippen molar-refractivity contribution in [3.05, 3.63) is 59.7 Å². The first-order valence-electron chi connectivity index (χ1n) is 10.3. The van der Waals surface area contributed by atoms with Gasteiger partial charge in [-0.15, -0.1) is 0 Å². The van der Waals surface area contributed by atoms with Gasteiger partial charge in [0.25, 0.3) is 11.8 Å². The largest absolute Gasteiger partial charge is 0.468 e. The van der Waals surface area contributed by atoms with E-state index in [9.17, 15) is 9.59 Å². The van der Waals surface area contributed by atoms with Crippen LogP contribution in [0.15, 0.2) is 48.5 Å². The minimum atomic E-state index is -0.138. The summed E-state index contributed by atoms with van der Waals surface area (Å²) in [6.07, 6.45) is -0.276. The lowest BCUT2D eigenvalue weighted by Crippen LogP contribution is -2.58. The molecular weight excluding hydrogens is 384 g/mol. The number of amides is 2. The molecule has 0 spiro atoms.